The second-order valence-corrected chi connectivity index (χ2v) is 20.7. The Morgan fingerprint density at radius 2 is 0.701 bits per heavy atom. The van der Waals surface area contributed by atoms with Crippen molar-refractivity contribution in [3.05, 3.63) is 24.3 Å². The van der Waals surface area contributed by atoms with Crippen LogP contribution in [0.25, 0.3) is 0 Å². The van der Waals surface area contributed by atoms with Gasteiger partial charge in [0, 0.05) is 12.8 Å². The zero-order valence-corrected chi connectivity index (χ0v) is 45.1. The lowest BCUT2D eigenvalue weighted by Gasteiger charge is -2.20. The summed E-state index contributed by atoms with van der Waals surface area (Å²) in [6.07, 6.45) is 69.1. The van der Waals surface area contributed by atoms with Crippen LogP contribution < -0.4 is 5.32 Å². The number of carbonyl (C=O) groups is 2. The van der Waals surface area contributed by atoms with Gasteiger partial charge in [-0.2, -0.15) is 0 Å². The third kappa shape index (κ3) is 53.5. The highest BCUT2D eigenvalue weighted by Crippen LogP contribution is 2.17. The van der Waals surface area contributed by atoms with Crippen molar-refractivity contribution in [2.75, 3.05) is 13.2 Å². The zero-order chi connectivity index (χ0) is 48.6. The Balaban J connectivity index is 3.46. The zero-order valence-electron chi connectivity index (χ0n) is 45.1. The molecule has 0 saturated heterocycles. The number of hydrogen-bond donors (Lipinski definition) is 3. The number of amides is 1. The van der Waals surface area contributed by atoms with E-state index in [2.05, 4.69) is 31.3 Å². The SMILES string of the molecule is CCCCCCCCC/C=C\CCCCCCCCCC(=O)OCCCCCCCCCCCCCCCCC(=O)NC(CO)C(O)/C=C/CCCCCCCCCCCCCCCCCC. The van der Waals surface area contributed by atoms with E-state index in [9.17, 15) is 19.8 Å². The third-order valence-electron chi connectivity index (χ3n) is 14.0. The number of allylic oxidation sites excluding steroid dienone is 3. The molecule has 0 radical (unpaired) electrons. The first kappa shape index (κ1) is 65.3. The fraction of sp³-hybridized carbons (Fsp3) is 0.902. The highest BCUT2D eigenvalue weighted by Gasteiger charge is 2.18. The standard InChI is InChI=1S/C61H117NO5/c1-3-5-7-9-11-13-15-17-19-21-23-25-29-33-37-41-45-49-53-59(64)58(57-63)62-60(65)54-50-46-42-38-34-30-27-28-32-36-40-44-48-52-56-67-61(66)55-51-47-43-39-35-31-26-24-22-20-18-16-14-12-10-8-6-4-2/h20,22,49,53,58-59,63-64H,3-19,21,23-48,50-52,54-57H2,1-2H3,(H,62,65)/b22-20-,53-49+. The number of hydrogen-bond acceptors (Lipinski definition) is 5. The van der Waals surface area contributed by atoms with E-state index in [1.165, 1.54) is 244 Å². The molecule has 6 nitrogen and oxygen atoms in total. The number of aliphatic hydroxyl groups excluding tert-OH is 2. The van der Waals surface area contributed by atoms with Gasteiger partial charge in [0.05, 0.1) is 25.4 Å². The van der Waals surface area contributed by atoms with E-state index in [1.54, 1.807) is 6.08 Å². The molecule has 0 heterocycles. The van der Waals surface area contributed by atoms with Crippen molar-refractivity contribution >= 4 is 11.9 Å². The van der Waals surface area contributed by atoms with Crippen LogP contribution in [-0.2, 0) is 14.3 Å². The fourth-order valence-corrected chi connectivity index (χ4v) is 9.34. The summed E-state index contributed by atoms with van der Waals surface area (Å²) in [6.45, 7) is 4.90. The molecule has 67 heavy (non-hydrogen) atoms. The molecule has 0 aromatic carbocycles. The first-order valence-corrected chi connectivity index (χ1v) is 30.1. The van der Waals surface area contributed by atoms with Crippen LogP contribution in [0, 0.1) is 0 Å². The van der Waals surface area contributed by atoms with Crippen LogP contribution in [0.3, 0.4) is 0 Å². The molecule has 0 aliphatic carbocycles. The Morgan fingerprint density at radius 1 is 0.403 bits per heavy atom. The van der Waals surface area contributed by atoms with E-state index in [0.29, 0.717) is 19.4 Å². The molecule has 0 aromatic heterocycles. The van der Waals surface area contributed by atoms with Gasteiger partial charge in [-0.25, -0.2) is 0 Å². The second-order valence-electron chi connectivity index (χ2n) is 20.7. The van der Waals surface area contributed by atoms with Gasteiger partial charge in [0.2, 0.25) is 5.91 Å². The quantitative estimate of drug-likeness (QED) is 0.0321. The molecule has 0 aliphatic heterocycles. The molecule has 1 amide bonds. The van der Waals surface area contributed by atoms with E-state index in [4.69, 9.17) is 4.74 Å². The molecular formula is C61H117NO5. The summed E-state index contributed by atoms with van der Waals surface area (Å²) in [4.78, 5) is 24.6. The van der Waals surface area contributed by atoms with Crippen molar-refractivity contribution in [1.29, 1.82) is 0 Å². The molecule has 0 spiro atoms. The second kappa shape index (κ2) is 56.9. The minimum Gasteiger partial charge on any atom is -0.466 e. The summed E-state index contributed by atoms with van der Waals surface area (Å²) >= 11 is 0. The van der Waals surface area contributed by atoms with E-state index >= 15 is 0 Å². The molecule has 0 aromatic rings. The van der Waals surface area contributed by atoms with Crippen molar-refractivity contribution < 1.29 is 24.5 Å². The Bertz CT molecular complexity index is 1040. The smallest absolute Gasteiger partial charge is 0.305 e. The third-order valence-corrected chi connectivity index (χ3v) is 14.0. The average molecular weight is 945 g/mol. The first-order valence-electron chi connectivity index (χ1n) is 30.1. The van der Waals surface area contributed by atoms with Crippen molar-refractivity contribution in [3.63, 3.8) is 0 Å². The van der Waals surface area contributed by atoms with Crippen molar-refractivity contribution in [2.45, 2.75) is 341 Å². The van der Waals surface area contributed by atoms with Crippen molar-refractivity contribution in [3.8, 4) is 0 Å². The number of aliphatic hydroxyl groups is 2. The van der Waals surface area contributed by atoms with Gasteiger partial charge >= 0.3 is 5.97 Å². The molecule has 6 heteroatoms. The van der Waals surface area contributed by atoms with E-state index in [0.717, 1.165) is 57.8 Å². The van der Waals surface area contributed by atoms with Crippen LogP contribution in [0.5, 0.6) is 0 Å². The van der Waals surface area contributed by atoms with Crippen LogP contribution in [0.4, 0.5) is 0 Å². The van der Waals surface area contributed by atoms with Crippen LogP contribution in [0.15, 0.2) is 24.3 Å². The lowest BCUT2D eigenvalue weighted by molar-refractivity contribution is -0.143. The summed E-state index contributed by atoms with van der Waals surface area (Å²) in [7, 11) is 0. The summed E-state index contributed by atoms with van der Waals surface area (Å²) in [6, 6.07) is -0.636. The lowest BCUT2D eigenvalue weighted by atomic mass is 10.0. The summed E-state index contributed by atoms with van der Waals surface area (Å²) in [5.74, 6) is -0.0820. The predicted molar refractivity (Wildman–Crippen MR) is 292 cm³/mol. The molecule has 0 bridgehead atoms. The lowest BCUT2D eigenvalue weighted by Crippen LogP contribution is -2.45. The average Bonchev–Trinajstić information content (AvgIpc) is 3.33. The van der Waals surface area contributed by atoms with Crippen molar-refractivity contribution in [2.24, 2.45) is 0 Å². The number of rotatable bonds is 56. The number of unbranched alkanes of at least 4 members (excludes halogenated alkanes) is 43. The minimum absolute atomic E-state index is 0.00581. The molecule has 3 N–H and O–H groups in total. The summed E-state index contributed by atoms with van der Waals surface area (Å²) in [5, 5.41) is 23.2. The van der Waals surface area contributed by atoms with Gasteiger partial charge in [-0.05, 0) is 57.8 Å². The van der Waals surface area contributed by atoms with Crippen LogP contribution in [0.2, 0.25) is 0 Å². The number of nitrogens with one attached hydrogen (secondary N) is 1. The summed E-state index contributed by atoms with van der Waals surface area (Å²) in [5.41, 5.74) is 0. The fourth-order valence-electron chi connectivity index (χ4n) is 9.34. The topological polar surface area (TPSA) is 95.9 Å². The highest BCUT2D eigenvalue weighted by molar-refractivity contribution is 5.76. The number of ether oxygens (including phenoxy) is 1. The molecule has 0 aliphatic rings. The van der Waals surface area contributed by atoms with Crippen LogP contribution >= 0.6 is 0 Å². The van der Waals surface area contributed by atoms with Gasteiger partial charge in [0.25, 0.3) is 0 Å². The maximum absolute atomic E-state index is 12.5. The summed E-state index contributed by atoms with van der Waals surface area (Å²) < 4.78 is 5.48. The van der Waals surface area contributed by atoms with Gasteiger partial charge in [-0.3, -0.25) is 9.59 Å². The Morgan fingerprint density at radius 3 is 1.06 bits per heavy atom. The highest BCUT2D eigenvalue weighted by atomic mass is 16.5. The maximum atomic E-state index is 12.5. The van der Waals surface area contributed by atoms with Crippen molar-refractivity contribution in [1.82, 2.24) is 5.32 Å². The van der Waals surface area contributed by atoms with Crippen LogP contribution in [-0.4, -0.2) is 47.4 Å². The Kier molecular flexibility index (Phi) is 55.5. The van der Waals surface area contributed by atoms with Crippen LogP contribution in [0.1, 0.15) is 328 Å². The Hall–Kier alpha value is -1.66. The minimum atomic E-state index is -0.852. The molecule has 0 fully saturated rings. The predicted octanol–water partition coefficient (Wildman–Crippen LogP) is 18.6. The number of carbonyl (C=O) groups excluding carboxylic acids is 2. The van der Waals surface area contributed by atoms with Gasteiger partial charge in [-0.1, -0.05) is 282 Å². The Labute approximate surface area is 418 Å². The van der Waals surface area contributed by atoms with Gasteiger partial charge in [0.1, 0.15) is 0 Å². The molecule has 0 rings (SSSR count). The molecule has 2 unspecified atom stereocenters. The van der Waals surface area contributed by atoms with Gasteiger partial charge < -0.3 is 20.3 Å². The molecule has 0 saturated carbocycles. The van der Waals surface area contributed by atoms with Gasteiger partial charge in [0.15, 0.2) is 0 Å². The largest absolute Gasteiger partial charge is 0.466 e. The monoisotopic (exact) mass is 944 g/mol. The molecule has 396 valence electrons. The van der Waals surface area contributed by atoms with E-state index in [1.807, 2.05) is 6.08 Å². The van der Waals surface area contributed by atoms with E-state index in [-0.39, 0.29) is 18.5 Å². The molecular weight excluding hydrogens is 827 g/mol. The number of esters is 1. The van der Waals surface area contributed by atoms with E-state index < -0.39 is 12.1 Å². The van der Waals surface area contributed by atoms with Gasteiger partial charge in [-0.15, -0.1) is 0 Å². The maximum Gasteiger partial charge on any atom is 0.305 e. The first-order chi connectivity index (χ1) is 33.0. The normalized spacial score (nSPS) is 12.7. The molecule has 2 atom stereocenters.